The average molecular weight is 401 g/mol. The van der Waals surface area contributed by atoms with E-state index in [1.165, 1.54) is 19.2 Å². The second-order valence-corrected chi connectivity index (χ2v) is 6.99. The topological polar surface area (TPSA) is 43.3 Å². The molecule has 1 saturated heterocycles. The lowest BCUT2D eigenvalue weighted by molar-refractivity contribution is -0.138. The Morgan fingerprint density at radius 2 is 1.93 bits per heavy atom. The van der Waals surface area contributed by atoms with Gasteiger partial charge in [-0.1, -0.05) is 6.07 Å². The van der Waals surface area contributed by atoms with Gasteiger partial charge in [0.05, 0.1) is 12.7 Å². The molecule has 1 aromatic heterocycles. The molecule has 2 aliphatic rings. The van der Waals surface area contributed by atoms with Crippen molar-refractivity contribution < 1.29 is 17.9 Å². The molecule has 0 amide bonds. The first-order valence-corrected chi connectivity index (χ1v) is 8.58. The van der Waals surface area contributed by atoms with Crippen molar-refractivity contribution in [1.29, 1.82) is 0 Å². The highest BCUT2D eigenvalue weighted by molar-refractivity contribution is 5.85. The highest BCUT2D eigenvalue weighted by Gasteiger charge is 2.35. The molecule has 2 atom stereocenters. The number of nitrogens with one attached hydrogen (secondary N) is 1. The van der Waals surface area contributed by atoms with Gasteiger partial charge < -0.3 is 14.6 Å². The van der Waals surface area contributed by atoms with Gasteiger partial charge in [0.1, 0.15) is 5.75 Å². The summed E-state index contributed by atoms with van der Waals surface area (Å²) in [6.45, 7) is 2.35. The smallest absolute Gasteiger partial charge is 0.419 e. The van der Waals surface area contributed by atoms with Crippen molar-refractivity contribution in [2.75, 3.05) is 20.2 Å². The van der Waals surface area contributed by atoms with Gasteiger partial charge in [-0.2, -0.15) is 13.2 Å². The first kappa shape index (κ1) is 19.8. The van der Waals surface area contributed by atoms with Crippen LogP contribution in [0.3, 0.4) is 0 Å². The molecule has 2 aromatic rings. The van der Waals surface area contributed by atoms with E-state index in [0.29, 0.717) is 23.6 Å². The molecule has 2 aliphatic heterocycles. The van der Waals surface area contributed by atoms with Crippen molar-refractivity contribution in [3.05, 3.63) is 51.9 Å². The fourth-order valence-corrected chi connectivity index (χ4v) is 4.08. The number of aromatic nitrogens is 1. The van der Waals surface area contributed by atoms with E-state index < -0.39 is 11.7 Å². The number of pyridine rings is 1. The van der Waals surface area contributed by atoms with Crippen LogP contribution in [0, 0.1) is 5.92 Å². The maximum Gasteiger partial charge on any atom is 0.419 e. The van der Waals surface area contributed by atoms with Crippen molar-refractivity contribution in [2.45, 2.75) is 25.1 Å². The molecular formula is C19H20ClF3N2O2. The molecule has 0 spiro atoms. The average Bonchev–Trinajstić information content (AvgIpc) is 2.61. The van der Waals surface area contributed by atoms with Crippen LogP contribution in [0.4, 0.5) is 13.2 Å². The monoisotopic (exact) mass is 400 g/mol. The summed E-state index contributed by atoms with van der Waals surface area (Å²) in [5, 5.41) is 3.37. The summed E-state index contributed by atoms with van der Waals surface area (Å²) in [6, 6.07) is 7.20. The second-order valence-electron chi connectivity index (χ2n) is 6.99. The molecule has 0 saturated carbocycles. The largest absolute Gasteiger partial charge is 0.496 e. The van der Waals surface area contributed by atoms with Gasteiger partial charge in [0.2, 0.25) is 0 Å². The van der Waals surface area contributed by atoms with Crippen molar-refractivity contribution >= 4 is 12.4 Å². The minimum absolute atomic E-state index is 0. The van der Waals surface area contributed by atoms with Crippen molar-refractivity contribution in [3.63, 3.8) is 0 Å². The number of alkyl halides is 3. The summed E-state index contributed by atoms with van der Waals surface area (Å²) in [4.78, 5) is 12.6. The Hall–Kier alpha value is -1.99. The van der Waals surface area contributed by atoms with E-state index >= 15 is 0 Å². The summed E-state index contributed by atoms with van der Waals surface area (Å²) in [7, 11) is 1.21. The zero-order valence-electron chi connectivity index (χ0n) is 14.7. The lowest BCUT2D eigenvalue weighted by atomic mass is 9.83. The zero-order chi connectivity index (χ0) is 18.5. The van der Waals surface area contributed by atoms with Crippen LogP contribution < -0.4 is 15.6 Å². The third-order valence-electron chi connectivity index (χ3n) is 5.30. The Bertz CT molecular complexity index is 911. The first-order valence-electron chi connectivity index (χ1n) is 8.58. The predicted molar refractivity (Wildman–Crippen MR) is 98.7 cm³/mol. The Morgan fingerprint density at radius 1 is 1.15 bits per heavy atom. The first-order chi connectivity index (χ1) is 12.4. The highest BCUT2D eigenvalue weighted by atomic mass is 35.5. The van der Waals surface area contributed by atoms with E-state index in [1.54, 1.807) is 10.6 Å². The van der Waals surface area contributed by atoms with Gasteiger partial charge >= 0.3 is 6.18 Å². The number of nitrogens with zero attached hydrogens (tertiary/aromatic N) is 1. The summed E-state index contributed by atoms with van der Waals surface area (Å²) < 4.78 is 46.5. The van der Waals surface area contributed by atoms with Crippen LogP contribution in [0.25, 0.3) is 11.1 Å². The molecule has 1 fully saturated rings. The number of rotatable bonds is 2. The van der Waals surface area contributed by atoms with Gasteiger partial charge in [-0.15, -0.1) is 12.4 Å². The molecule has 4 rings (SSSR count). The maximum atomic E-state index is 13.3. The molecule has 8 heteroatoms. The molecule has 27 heavy (non-hydrogen) atoms. The molecule has 4 nitrogen and oxygen atoms in total. The molecule has 3 heterocycles. The van der Waals surface area contributed by atoms with Crippen LogP contribution in [0.5, 0.6) is 5.75 Å². The SMILES string of the molecule is COc1ccc(-c2cc3n(c(=O)c2)C[C@@H]2CNC[C@H]3C2)cc1C(F)(F)F.Cl. The van der Waals surface area contributed by atoms with E-state index in [9.17, 15) is 18.0 Å². The highest BCUT2D eigenvalue weighted by Crippen LogP contribution is 2.39. The molecule has 0 aliphatic carbocycles. The van der Waals surface area contributed by atoms with Gasteiger partial charge in [0, 0.05) is 30.8 Å². The van der Waals surface area contributed by atoms with Crippen molar-refractivity contribution in [2.24, 2.45) is 5.92 Å². The van der Waals surface area contributed by atoms with Crippen LogP contribution in [-0.2, 0) is 12.7 Å². The number of fused-ring (bicyclic) bond motifs is 4. The molecule has 1 aromatic carbocycles. The fourth-order valence-electron chi connectivity index (χ4n) is 4.08. The third-order valence-corrected chi connectivity index (χ3v) is 5.30. The molecule has 1 N–H and O–H groups in total. The lowest BCUT2D eigenvalue weighted by Gasteiger charge is -2.37. The standard InChI is InChI=1S/C19H19F3N2O2.ClH/c1-26-17-3-2-12(5-15(17)19(20,21)22)13-6-16-14-4-11(8-23-9-14)10-24(16)18(25)7-13;/h2-3,5-7,11,14,23H,4,8-10H2,1H3;1H/t11-,14+;/m0./s1. The Morgan fingerprint density at radius 3 is 2.63 bits per heavy atom. The van der Waals surface area contributed by atoms with Gasteiger partial charge in [0.25, 0.3) is 5.56 Å². The van der Waals surface area contributed by atoms with E-state index in [-0.39, 0.29) is 29.6 Å². The summed E-state index contributed by atoms with van der Waals surface area (Å²) in [6.07, 6.45) is -3.52. The van der Waals surface area contributed by atoms with Crippen molar-refractivity contribution in [1.82, 2.24) is 9.88 Å². The quantitative estimate of drug-likeness (QED) is 0.836. The van der Waals surface area contributed by atoms with Crippen LogP contribution in [0.1, 0.15) is 23.6 Å². The summed E-state index contributed by atoms with van der Waals surface area (Å²) in [5.41, 5.74) is 0.788. The summed E-state index contributed by atoms with van der Waals surface area (Å²) >= 11 is 0. The Labute approximate surface area is 160 Å². The van der Waals surface area contributed by atoms with Crippen LogP contribution in [-0.4, -0.2) is 24.8 Å². The van der Waals surface area contributed by atoms with E-state index in [2.05, 4.69) is 5.32 Å². The van der Waals surface area contributed by atoms with Gasteiger partial charge in [0.15, 0.2) is 0 Å². The van der Waals surface area contributed by atoms with Gasteiger partial charge in [-0.25, -0.2) is 0 Å². The zero-order valence-corrected chi connectivity index (χ0v) is 15.5. The van der Waals surface area contributed by atoms with E-state index in [0.717, 1.165) is 31.3 Å². The van der Waals surface area contributed by atoms with E-state index in [4.69, 9.17) is 4.74 Å². The van der Waals surface area contributed by atoms with Crippen molar-refractivity contribution in [3.8, 4) is 16.9 Å². The van der Waals surface area contributed by atoms with Crippen LogP contribution >= 0.6 is 12.4 Å². The number of halogens is 4. The molecule has 0 radical (unpaired) electrons. The normalized spacial score (nSPS) is 21.2. The molecule has 146 valence electrons. The Kier molecular flexibility index (Phi) is 5.27. The molecular weight excluding hydrogens is 381 g/mol. The molecule has 0 unspecified atom stereocenters. The van der Waals surface area contributed by atoms with Crippen LogP contribution in [0.15, 0.2) is 35.1 Å². The van der Waals surface area contributed by atoms with Crippen LogP contribution in [0.2, 0.25) is 0 Å². The number of hydrogen-bond donors (Lipinski definition) is 1. The second kappa shape index (κ2) is 7.20. The fraction of sp³-hybridized carbons (Fsp3) is 0.421. The number of piperidine rings is 1. The number of benzene rings is 1. The molecule has 2 bridgehead atoms. The minimum atomic E-state index is -4.52. The van der Waals surface area contributed by atoms with E-state index in [1.807, 2.05) is 6.07 Å². The number of ether oxygens (including phenoxy) is 1. The lowest BCUT2D eigenvalue weighted by Crippen LogP contribution is -2.44. The number of methoxy groups -OCH3 is 1. The minimum Gasteiger partial charge on any atom is -0.496 e. The third kappa shape index (κ3) is 3.58. The number of hydrogen-bond acceptors (Lipinski definition) is 3. The van der Waals surface area contributed by atoms with Gasteiger partial charge in [-0.3, -0.25) is 4.79 Å². The Balaban J connectivity index is 0.00000210. The predicted octanol–water partition coefficient (Wildman–Crippen LogP) is 3.67. The summed E-state index contributed by atoms with van der Waals surface area (Å²) in [5.74, 6) is 0.424. The van der Waals surface area contributed by atoms with Gasteiger partial charge in [-0.05, 0) is 48.2 Å². The maximum absolute atomic E-state index is 13.3.